The zero-order chi connectivity index (χ0) is 20.8. The minimum Gasteiger partial charge on any atom is -0.357 e. The molecule has 6 nitrogen and oxygen atoms in total. The average molecular weight is 400 g/mol. The van der Waals surface area contributed by atoms with Crippen molar-refractivity contribution in [3.8, 4) is 0 Å². The van der Waals surface area contributed by atoms with Crippen LogP contribution in [0.1, 0.15) is 52.5 Å². The summed E-state index contributed by atoms with van der Waals surface area (Å²) in [5.74, 6) is 1.79. The minimum absolute atomic E-state index is 0.150. The Balaban J connectivity index is 1.59. The molecular weight excluding hydrogens is 362 g/mol. The number of aliphatic imine (C=N–C) groups is 1. The van der Waals surface area contributed by atoms with Gasteiger partial charge in [-0.25, -0.2) is 4.99 Å². The number of carbonyl (C=O) groups excluding carboxylic acids is 1. The minimum atomic E-state index is 0.150. The first-order valence-electron chi connectivity index (χ1n) is 11.1. The highest BCUT2D eigenvalue weighted by Gasteiger charge is 2.31. The van der Waals surface area contributed by atoms with E-state index in [1.54, 1.807) is 0 Å². The molecule has 1 saturated carbocycles. The van der Waals surface area contributed by atoms with Crippen molar-refractivity contribution in [2.45, 2.75) is 65.6 Å². The molecule has 160 valence electrons. The van der Waals surface area contributed by atoms with Crippen molar-refractivity contribution in [3.05, 3.63) is 29.8 Å². The Bertz CT molecular complexity index is 713. The fraction of sp³-hybridized carbons (Fsp3) is 0.652. The molecule has 1 heterocycles. The van der Waals surface area contributed by atoms with Crippen LogP contribution >= 0.6 is 0 Å². The fourth-order valence-corrected chi connectivity index (χ4v) is 3.94. The lowest BCUT2D eigenvalue weighted by atomic mass is 9.85. The van der Waals surface area contributed by atoms with Crippen LogP contribution in [-0.4, -0.2) is 48.5 Å². The van der Waals surface area contributed by atoms with Gasteiger partial charge in [-0.05, 0) is 57.2 Å². The van der Waals surface area contributed by atoms with E-state index in [2.05, 4.69) is 54.6 Å². The van der Waals surface area contributed by atoms with Crippen LogP contribution in [-0.2, 0) is 11.3 Å². The molecule has 3 N–H and O–H groups in total. The second-order valence-corrected chi connectivity index (χ2v) is 8.79. The first-order valence-corrected chi connectivity index (χ1v) is 11.1. The van der Waals surface area contributed by atoms with Gasteiger partial charge in [-0.3, -0.25) is 9.69 Å². The monoisotopic (exact) mass is 399 g/mol. The third-order valence-corrected chi connectivity index (χ3v) is 6.13. The van der Waals surface area contributed by atoms with Crippen molar-refractivity contribution in [1.82, 2.24) is 15.5 Å². The first kappa shape index (κ1) is 21.6. The summed E-state index contributed by atoms with van der Waals surface area (Å²) < 4.78 is 0. The molecule has 1 saturated heterocycles. The van der Waals surface area contributed by atoms with Crippen molar-refractivity contribution >= 4 is 17.6 Å². The summed E-state index contributed by atoms with van der Waals surface area (Å²) in [7, 11) is 0. The number of nitrogens with one attached hydrogen (secondary N) is 3. The number of carbonyl (C=O) groups is 1. The number of likely N-dealkylation sites (tertiary alicyclic amines) is 1. The summed E-state index contributed by atoms with van der Waals surface area (Å²) in [4.78, 5) is 19.5. The molecule has 2 unspecified atom stereocenters. The van der Waals surface area contributed by atoms with Crippen LogP contribution in [0.2, 0.25) is 0 Å². The first-order chi connectivity index (χ1) is 14.0. The van der Waals surface area contributed by atoms with Gasteiger partial charge in [0.2, 0.25) is 5.91 Å². The number of benzene rings is 1. The second-order valence-electron chi connectivity index (χ2n) is 8.79. The fourth-order valence-electron chi connectivity index (χ4n) is 3.94. The lowest BCUT2D eigenvalue weighted by molar-refractivity contribution is -0.122. The molecule has 1 aliphatic heterocycles. The summed E-state index contributed by atoms with van der Waals surface area (Å²) in [6.07, 6.45) is 3.20. The largest absolute Gasteiger partial charge is 0.357 e. The average Bonchev–Trinajstić information content (AvgIpc) is 2.99. The third kappa shape index (κ3) is 5.95. The van der Waals surface area contributed by atoms with Crippen LogP contribution < -0.4 is 16.0 Å². The summed E-state index contributed by atoms with van der Waals surface area (Å²) in [6.45, 7) is 12.5. The number of nitrogens with zero attached hydrogens (tertiary/aromatic N) is 2. The highest BCUT2D eigenvalue weighted by molar-refractivity contribution is 5.93. The van der Waals surface area contributed by atoms with Gasteiger partial charge in [0.05, 0.1) is 6.54 Å². The number of anilines is 1. The molecule has 2 atom stereocenters. The number of amides is 1. The Kier molecular flexibility index (Phi) is 7.53. The maximum Gasteiger partial charge on any atom is 0.227 e. The van der Waals surface area contributed by atoms with Crippen molar-refractivity contribution < 1.29 is 4.79 Å². The number of hydrogen-bond donors (Lipinski definition) is 3. The predicted octanol–water partition coefficient (Wildman–Crippen LogP) is 3.21. The summed E-state index contributed by atoms with van der Waals surface area (Å²) >= 11 is 0. The molecule has 0 radical (unpaired) electrons. The molecule has 6 heteroatoms. The van der Waals surface area contributed by atoms with Crippen LogP contribution in [0, 0.1) is 11.8 Å². The zero-order valence-corrected chi connectivity index (χ0v) is 18.4. The highest BCUT2D eigenvalue weighted by Crippen LogP contribution is 2.27. The van der Waals surface area contributed by atoms with Gasteiger partial charge in [-0.15, -0.1) is 0 Å². The standard InChI is InChI=1S/C23H37N5O/c1-5-24-23(27-21-15-28(16(2)3)14-17(21)4)25-13-18-8-6-11-20(12-18)26-22(29)19-9-7-10-19/h6,8,11-12,16-17,19,21H,5,7,9-10,13-15H2,1-4H3,(H,26,29)(H2,24,25,27). The van der Waals surface area contributed by atoms with E-state index in [9.17, 15) is 4.79 Å². The van der Waals surface area contributed by atoms with Crippen LogP contribution in [0.4, 0.5) is 5.69 Å². The summed E-state index contributed by atoms with van der Waals surface area (Å²) in [5.41, 5.74) is 1.96. The van der Waals surface area contributed by atoms with Gasteiger partial charge in [0.1, 0.15) is 0 Å². The van der Waals surface area contributed by atoms with Crippen LogP contribution in [0.5, 0.6) is 0 Å². The van der Waals surface area contributed by atoms with E-state index >= 15 is 0 Å². The Hall–Kier alpha value is -2.08. The number of hydrogen-bond acceptors (Lipinski definition) is 3. The van der Waals surface area contributed by atoms with Gasteiger partial charge in [-0.2, -0.15) is 0 Å². The Morgan fingerprint density at radius 2 is 2.07 bits per heavy atom. The third-order valence-electron chi connectivity index (χ3n) is 6.13. The van der Waals surface area contributed by atoms with Gasteiger partial charge in [-0.1, -0.05) is 25.5 Å². The normalized spacial score (nSPS) is 23.1. The highest BCUT2D eigenvalue weighted by atomic mass is 16.1. The Labute approximate surface area is 175 Å². The van der Waals surface area contributed by atoms with E-state index in [1.165, 1.54) is 6.42 Å². The number of guanidine groups is 1. The molecule has 1 aromatic rings. The van der Waals surface area contributed by atoms with Crippen LogP contribution in [0.25, 0.3) is 0 Å². The maximum atomic E-state index is 12.2. The molecule has 0 spiro atoms. The summed E-state index contributed by atoms with van der Waals surface area (Å²) in [6, 6.07) is 9.01. The molecule has 0 bridgehead atoms. The van der Waals surface area contributed by atoms with E-state index in [-0.39, 0.29) is 11.8 Å². The van der Waals surface area contributed by atoms with Gasteiger partial charge in [0.25, 0.3) is 0 Å². The molecule has 1 aliphatic carbocycles. The van der Waals surface area contributed by atoms with E-state index in [4.69, 9.17) is 4.99 Å². The van der Waals surface area contributed by atoms with Gasteiger partial charge < -0.3 is 16.0 Å². The van der Waals surface area contributed by atoms with Crippen molar-refractivity contribution in [1.29, 1.82) is 0 Å². The topological polar surface area (TPSA) is 68.8 Å². The van der Waals surface area contributed by atoms with Gasteiger partial charge >= 0.3 is 0 Å². The van der Waals surface area contributed by atoms with E-state index in [0.29, 0.717) is 24.5 Å². The van der Waals surface area contributed by atoms with E-state index < -0.39 is 0 Å². The van der Waals surface area contributed by atoms with E-state index in [1.807, 2.05) is 18.2 Å². The number of rotatable bonds is 7. The van der Waals surface area contributed by atoms with Crippen molar-refractivity contribution in [2.75, 3.05) is 25.0 Å². The molecule has 2 fully saturated rings. The second kappa shape index (κ2) is 10.1. The predicted molar refractivity (Wildman–Crippen MR) is 120 cm³/mol. The molecular formula is C23H37N5O. The Morgan fingerprint density at radius 1 is 1.28 bits per heavy atom. The summed E-state index contributed by atoms with van der Waals surface area (Å²) in [5, 5.41) is 10.1. The smallest absolute Gasteiger partial charge is 0.227 e. The van der Waals surface area contributed by atoms with Gasteiger partial charge in [0, 0.05) is 43.3 Å². The Morgan fingerprint density at radius 3 is 2.69 bits per heavy atom. The molecule has 3 rings (SSSR count). The molecule has 1 aromatic carbocycles. The zero-order valence-electron chi connectivity index (χ0n) is 18.4. The quantitative estimate of drug-likeness (QED) is 0.486. The van der Waals surface area contributed by atoms with Gasteiger partial charge in [0.15, 0.2) is 5.96 Å². The molecule has 1 amide bonds. The lowest BCUT2D eigenvalue weighted by Gasteiger charge is -2.24. The molecule has 2 aliphatic rings. The lowest BCUT2D eigenvalue weighted by Crippen LogP contribution is -2.46. The van der Waals surface area contributed by atoms with Crippen molar-refractivity contribution in [2.24, 2.45) is 16.8 Å². The van der Waals surface area contributed by atoms with Crippen molar-refractivity contribution in [3.63, 3.8) is 0 Å². The molecule has 29 heavy (non-hydrogen) atoms. The SMILES string of the molecule is CCNC(=NCc1cccc(NC(=O)C2CCC2)c1)NC1CN(C(C)C)CC1C. The van der Waals surface area contributed by atoms with E-state index in [0.717, 1.165) is 49.7 Å². The van der Waals surface area contributed by atoms with Crippen LogP contribution in [0.15, 0.2) is 29.3 Å². The molecule has 0 aromatic heterocycles. The maximum absolute atomic E-state index is 12.2. The van der Waals surface area contributed by atoms with Crippen LogP contribution in [0.3, 0.4) is 0 Å².